The van der Waals surface area contributed by atoms with Crippen molar-refractivity contribution in [1.82, 2.24) is 4.98 Å². The summed E-state index contributed by atoms with van der Waals surface area (Å²) in [5, 5.41) is 4.57. The van der Waals surface area contributed by atoms with Gasteiger partial charge in [0.1, 0.15) is 0 Å². The van der Waals surface area contributed by atoms with E-state index in [-0.39, 0.29) is 0 Å². The maximum atomic E-state index is 6.17. The second kappa shape index (κ2) is 6.44. The van der Waals surface area contributed by atoms with E-state index in [2.05, 4.69) is 42.2 Å². The SMILES string of the molecule is Cc1cc(Cl)c(NCc2ncc(Br)cc2Br)cc1Cl. The molecule has 2 nitrogen and oxygen atoms in total. The van der Waals surface area contributed by atoms with Crippen molar-refractivity contribution in [3.05, 3.63) is 54.6 Å². The van der Waals surface area contributed by atoms with Crippen LogP contribution in [0.2, 0.25) is 10.0 Å². The zero-order valence-corrected chi connectivity index (χ0v) is 14.7. The van der Waals surface area contributed by atoms with E-state index in [1.54, 1.807) is 6.20 Å². The minimum Gasteiger partial charge on any atom is -0.378 e. The molecule has 0 fully saturated rings. The van der Waals surface area contributed by atoms with Crippen molar-refractivity contribution in [1.29, 1.82) is 0 Å². The molecule has 0 aliphatic carbocycles. The lowest BCUT2D eigenvalue weighted by molar-refractivity contribution is 1.03. The summed E-state index contributed by atoms with van der Waals surface area (Å²) in [6.45, 7) is 2.48. The third-order valence-electron chi connectivity index (χ3n) is 2.58. The maximum absolute atomic E-state index is 6.17. The van der Waals surface area contributed by atoms with Gasteiger partial charge in [0.2, 0.25) is 0 Å². The van der Waals surface area contributed by atoms with Gasteiger partial charge in [-0.2, -0.15) is 0 Å². The van der Waals surface area contributed by atoms with Gasteiger partial charge in [0.05, 0.1) is 22.9 Å². The van der Waals surface area contributed by atoms with Gasteiger partial charge in [0.15, 0.2) is 0 Å². The van der Waals surface area contributed by atoms with E-state index in [0.717, 1.165) is 25.9 Å². The molecule has 0 spiro atoms. The summed E-state index contributed by atoms with van der Waals surface area (Å²) in [7, 11) is 0. The summed E-state index contributed by atoms with van der Waals surface area (Å²) in [6, 6.07) is 5.62. The molecule has 2 rings (SSSR count). The molecule has 0 bridgehead atoms. The van der Waals surface area contributed by atoms with Crippen molar-refractivity contribution >= 4 is 60.7 Å². The summed E-state index contributed by atoms with van der Waals surface area (Å²) in [5.74, 6) is 0. The highest BCUT2D eigenvalue weighted by Crippen LogP contribution is 2.29. The molecule has 0 saturated carbocycles. The van der Waals surface area contributed by atoms with Crippen molar-refractivity contribution < 1.29 is 0 Å². The number of nitrogens with one attached hydrogen (secondary N) is 1. The molecular weight excluding hydrogens is 415 g/mol. The first-order valence-corrected chi connectivity index (χ1v) is 7.81. The first-order valence-electron chi connectivity index (χ1n) is 5.47. The second-order valence-electron chi connectivity index (χ2n) is 4.02. The smallest absolute Gasteiger partial charge is 0.0737 e. The molecule has 0 saturated heterocycles. The third-order valence-corrected chi connectivity index (χ3v) is 4.42. The Morgan fingerprint density at radius 3 is 2.58 bits per heavy atom. The monoisotopic (exact) mass is 422 g/mol. The van der Waals surface area contributed by atoms with Crippen molar-refractivity contribution in [2.45, 2.75) is 13.5 Å². The topological polar surface area (TPSA) is 24.9 Å². The Labute approximate surface area is 138 Å². The standard InChI is InChI=1S/C13H10Br2Cl2N2/c1-7-2-11(17)12(4-10(7)16)19-6-13-9(15)3-8(14)5-18-13/h2-5,19H,6H2,1H3. The predicted molar refractivity (Wildman–Crippen MR) is 88.2 cm³/mol. The molecule has 0 atom stereocenters. The molecular formula is C13H10Br2Cl2N2. The summed E-state index contributed by atoms with van der Waals surface area (Å²) in [4.78, 5) is 4.33. The van der Waals surface area contributed by atoms with Crippen LogP contribution in [0.1, 0.15) is 11.3 Å². The Morgan fingerprint density at radius 1 is 1.16 bits per heavy atom. The molecule has 0 radical (unpaired) electrons. The Morgan fingerprint density at radius 2 is 1.89 bits per heavy atom. The summed E-state index contributed by atoms with van der Waals surface area (Å²) in [5.41, 5.74) is 2.66. The van der Waals surface area contributed by atoms with Gasteiger partial charge in [-0.15, -0.1) is 0 Å². The Balaban J connectivity index is 2.16. The number of hydrogen-bond donors (Lipinski definition) is 1. The van der Waals surface area contributed by atoms with Crippen molar-refractivity contribution in [3.8, 4) is 0 Å². The molecule has 1 aromatic carbocycles. The van der Waals surface area contributed by atoms with Crippen LogP contribution in [0.25, 0.3) is 0 Å². The van der Waals surface area contributed by atoms with Crippen LogP contribution in [0, 0.1) is 6.92 Å². The van der Waals surface area contributed by atoms with E-state index < -0.39 is 0 Å². The van der Waals surface area contributed by atoms with Crippen LogP contribution in [0.15, 0.2) is 33.3 Å². The van der Waals surface area contributed by atoms with Crippen LogP contribution in [0.5, 0.6) is 0 Å². The minimum absolute atomic E-state index is 0.562. The van der Waals surface area contributed by atoms with E-state index in [0.29, 0.717) is 16.6 Å². The molecule has 0 aliphatic rings. The van der Waals surface area contributed by atoms with Crippen LogP contribution in [0.3, 0.4) is 0 Å². The van der Waals surface area contributed by atoms with E-state index >= 15 is 0 Å². The number of hydrogen-bond acceptors (Lipinski definition) is 2. The molecule has 19 heavy (non-hydrogen) atoms. The fourth-order valence-electron chi connectivity index (χ4n) is 1.53. The highest BCUT2D eigenvalue weighted by molar-refractivity contribution is 9.11. The number of anilines is 1. The summed E-state index contributed by atoms with van der Waals surface area (Å²) in [6.07, 6.45) is 1.76. The number of aryl methyl sites for hydroxylation is 1. The van der Waals surface area contributed by atoms with Gasteiger partial charge in [0, 0.05) is 20.2 Å². The Hall–Kier alpha value is -0.290. The lowest BCUT2D eigenvalue weighted by Crippen LogP contribution is -2.03. The fourth-order valence-corrected chi connectivity index (χ4v) is 3.11. The maximum Gasteiger partial charge on any atom is 0.0737 e. The van der Waals surface area contributed by atoms with Crippen LogP contribution in [-0.4, -0.2) is 4.98 Å². The van der Waals surface area contributed by atoms with E-state index in [4.69, 9.17) is 23.2 Å². The lowest BCUT2D eigenvalue weighted by Gasteiger charge is -2.11. The number of nitrogens with zero attached hydrogens (tertiary/aromatic N) is 1. The van der Waals surface area contributed by atoms with E-state index in [1.165, 1.54) is 0 Å². The zero-order valence-electron chi connectivity index (χ0n) is 9.98. The molecule has 6 heteroatoms. The summed E-state index contributed by atoms with van der Waals surface area (Å²) >= 11 is 19.1. The van der Waals surface area contributed by atoms with Crippen LogP contribution in [-0.2, 0) is 6.54 Å². The highest BCUT2D eigenvalue weighted by Gasteiger charge is 2.07. The highest BCUT2D eigenvalue weighted by atomic mass is 79.9. The number of pyridine rings is 1. The Bertz CT molecular complexity index is 618. The summed E-state index contributed by atoms with van der Waals surface area (Å²) < 4.78 is 1.86. The van der Waals surface area contributed by atoms with Crippen molar-refractivity contribution in [3.63, 3.8) is 0 Å². The lowest BCUT2D eigenvalue weighted by atomic mass is 10.2. The molecule has 0 amide bonds. The third kappa shape index (κ3) is 3.85. The van der Waals surface area contributed by atoms with Crippen LogP contribution < -0.4 is 5.32 Å². The second-order valence-corrected chi connectivity index (χ2v) is 6.60. The number of rotatable bonds is 3. The average Bonchev–Trinajstić information content (AvgIpc) is 2.34. The molecule has 1 heterocycles. The van der Waals surface area contributed by atoms with Crippen molar-refractivity contribution in [2.24, 2.45) is 0 Å². The predicted octanol–water partition coefficient (Wildman–Crippen LogP) is 5.83. The number of halogens is 4. The van der Waals surface area contributed by atoms with Gasteiger partial charge in [-0.25, -0.2) is 0 Å². The van der Waals surface area contributed by atoms with Gasteiger partial charge in [-0.05, 0) is 62.5 Å². The van der Waals surface area contributed by atoms with Crippen molar-refractivity contribution in [2.75, 3.05) is 5.32 Å². The van der Waals surface area contributed by atoms with E-state index in [9.17, 15) is 0 Å². The number of benzene rings is 1. The van der Waals surface area contributed by atoms with Gasteiger partial charge < -0.3 is 5.32 Å². The molecule has 0 unspecified atom stereocenters. The van der Waals surface area contributed by atoms with Gasteiger partial charge in [-0.1, -0.05) is 23.2 Å². The van der Waals surface area contributed by atoms with Crippen LogP contribution in [0.4, 0.5) is 5.69 Å². The molecule has 100 valence electrons. The quantitative estimate of drug-likeness (QED) is 0.670. The van der Waals surface area contributed by atoms with Crippen LogP contribution >= 0.6 is 55.1 Å². The molecule has 2 aromatic rings. The van der Waals surface area contributed by atoms with Gasteiger partial charge >= 0.3 is 0 Å². The van der Waals surface area contributed by atoms with Gasteiger partial charge in [-0.3, -0.25) is 4.98 Å². The molecule has 1 aromatic heterocycles. The minimum atomic E-state index is 0.562. The molecule has 1 N–H and O–H groups in total. The van der Waals surface area contributed by atoms with E-state index in [1.807, 2.05) is 25.1 Å². The van der Waals surface area contributed by atoms with Gasteiger partial charge in [0.25, 0.3) is 0 Å². The number of aromatic nitrogens is 1. The zero-order chi connectivity index (χ0) is 14.0. The largest absolute Gasteiger partial charge is 0.378 e. The first-order chi connectivity index (χ1) is 8.97. The Kier molecular flexibility index (Phi) is 5.12. The normalized spacial score (nSPS) is 10.6. The fraction of sp³-hybridized carbons (Fsp3) is 0.154. The average molecular weight is 425 g/mol. The first kappa shape index (κ1) is 15.1. The molecule has 0 aliphatic heterocycles.